The summed E-state index contributed by atoms with van der Waals surface area (Å²) < 4.78 is 6.65. The zero-order valence-electron chi connectivity index (χ0n) is 21.4. The van der Waals surface area contributed by atoms with E-state index in [0.29, 0.717) is 32.2 Å². The van der Waals surface area contributed by atoms with Crippen molar-refractivity contribution in [3.8, 4) is 0 Å². The predicted octanol–water partition coefficient (Wildman–Crippen LogP) is 2.98. The smallest absolute Gasteiger partial charge is 0.310 e. The number of ether oxygens (including phenoxy) is 1. The minimum Gasteiger partial charge on any atom is -0.481 e. The van der Waals surface area contributed by atoms with Gasteiger partial charge in [0.2, 0.25) is 11.8 Å². The van der Waals surface area contributed by atoms with Gasteiger partial charge in [-0.05, 0) is 44.4 Å². The lowest BCUT2D eigenvalue weighted by molar-refractivity contribution is -0.161. The van der Waals surface area contributed by atoms with E-state index in [4.69, 9.17) is 4.74 Å². The number of nitrogens with zero attached hydrogens (tertiary/aromatic N) is 2. The fourth-order valence-corrected chi connectivity index (χ4v) is 7.63. The monoisotopic (exact) mass is 490 g/mol. The molecule has 0 aromatic heterocycles. The van der Waals surface area contributed by atoms with E-state index in [1.807, 2.05) is 25.7 Å². The SMILES string of the molecule is C=CCN(C(=O)C1N([C@@H](CO)CC(C)C)C(=O)[C@@H]2[C@H](C(=O)O)[C@]3(CC)CCC12O3)C1CCCCC1. The average molecular weight is 491 g/mol. The Morgan fingerprint density at radius 2 is 1.94 bits per heavy atom. The van der Waals surface area contributed by atoms with Crippen molar-refractivity contribution in [2.24, 2.45) is 17.8 Å². The molecule has 4 rings (SSSR count). The largest absolute Gasteiger partial charge is 0.481 e. The number of aliphatic hydroxyl groups is 1. The minimum absolute atomic E-state index is 0.0633. The second-order valence-corrected chi connectivity index (χ2v) is 11.5. The van der Waals surface area contributed by atoms with Gasteiger partial charge in [0, 0.05) is 12.6 Å². The van der Waals surface area contributed by atoms with E-state index < -0.39 is 41.1 Å². The van der Waals surface area contributed by atoms with Crippen molar-refractivity contribution in [2.45, 2.75) is 108 Å². The van der Waals surface area contributed by atoms with Crippen LogP contribution in [-0.2, 0) is 19.1 Å². The summed E-state index contributed by atoms with van der Waals surface area (Å²) in [7, 11) is 0. The maximum Gasteiger partial charge on any atom is 0.310 e. The lowest BCUT2D eigenvalue weighted by Crippen LogP contribution is -2.60. The van der Waals surface area contributed by atoms with E-state index in [1.165, 1.54) is 4.90 Å². The zero-order chi connectivity index (χ0) is 25.5. The molecule has 196 valence electrons. The maximum absolute atomic E-state index is 14.5. The van der Waals surface area contributed by atoms with Gasteiger partial charge in [-0.2, -0.15) is 0 Å². The van der Waals surface area contributed by atoms with Gasteiger partial charge in [-0.15, -0.1) is 6.58 Å². The molecule has 3 saturated heterocycles. The molecule has 35 heavy (non-hydrogen) atoms. The number of amides is 2. The average Bonchev–Trinajstić information content (AvgIpc) is 3.44. The first-order valence-corrected chi connectivity index (χ1v) is 13.4. The number of hydrogen-bond acceptors (Lipinski definition) is 5. The first kappa shape index (κ1) is 26.1. The van der Waals surface area contributed by atoms with Crippen LogP contribution in [0.15, 0.2) is 12.7 Å². The summed E-state index contributed by atoms with van der Waals surface area (Å²) in [4.78, 5) is 44.4. The number of carboxylic acid groups (broad SMARTS) is 1. The first-order valence-electron chi connectivity index (χ1n) is 13.4. The number of aliphatic hydroxyl groups excluding tert-OH is 1. The molecule has 0 aromatic rings. The highest BCUT2D eigenvalue weighted by atomic mass is 16.5. The molecule has 2 amide bonds. The summed E-state index contributed by atoms with van der Waals surface area (Å²) in [6, 6.07) is -1.44. The Labute approximate surface area is 208 Å². The summed E-state index contributed by atoms with van der Waals surface area (Å²) >= 11 is 0. The van der Waals surface area contributed by atoms with Gasteiger partial charge < -0.3 is 24.7 Å². The lowest BCUT2D eigenvalue weighted by atomic mass is 9.65. The summed E-state index contributed by atoms with van der Waals surface area (Å²) in [6.07, 6.45) is 8.78. The molecule has 8 nitrogen and oxygen atoms in total. The molecule has 4 aliphatic rings. The third-order valence-electron chi connectivity index (χ3n) is 9.09. The van der Waals surface area contributed by atoms with Crippen LogP contribution in [0.1, 0.15) is 78.6 Å². The highest BCUT2D eigenvalue weighted by molar-refractivity contribution is 5.98. The number of fused-ring (bicyclic) bond motifs is 1. The van der Waals surface area contributed by atoms with E-state index in [0.717, 1.165) is 32.1 Å². The van der Waals surface area contributed by atoms with Crippen molar-refractivity contribution < 1.29 is 29.3 Å². The Kier molecular flexibility index (Phi) is 7.36. The van der Waals surface area contributed by atoms with Gasteiger partial charge in [0.05, 0.1) is 24.2 Å². The quantitative estimate of drug-likeness (QED) is 0.456. The summed E-state index contributed by atoms with van der Waals surface area (Å²) in [5.74, 6) is -3.30. The molecular weight excluding hydrogens is 448 g/mol. The van der Waals surface area contributed by atoms with E-state index in [-0.39, 0.29) is 30.4 Å². The van der Waals surface area contributed by atoms with Crippen LogP contribution in [0.25, 0.3) is 0 Å². The van der Waals surface area contributed by atoms with Gasteiger partial charge in [-0.25, -0.2) is 0 Å². The Morgan fingerprint density at radius 1 is 1.26 bits per heavy atom. The van der Waals surface area contributed by atoms with Crippen molar-refractivity contribution in [2.75, 3.05) is 13.2 Å². The highest BCUT2D eigenvalue weighted by Gasteiger charge is 2.79. The molecule has 2 N–H and O–H groups in total. The second-order valence-electron chi connectivity index (χ2n) is 11.5. The van der Waals surface area contributed by atoms with Crippen LogP contribution in [0.2, 0.25) is 0 Å². The van der Waals surface area contributed by atoms with Crippen molar-refractivity contribution in [1.29, 1.82) is 0 Å². The van der Waals surface area contributed by atoms with Crippen LogP contribution >= 0.6 is 0 Å². The standard InChI is InChI=1S/C27H42N2O6/c1-5-14-28(18-10-8-7-9-11-18)24(32)22-27-13-12-26(6-2,35-27)21(25(33)34)20(27)23(31)29(22)19(16-30)15-17(3)4/h5,17-22,30H,1,6-16H2,2-4H3,(H,33,34)/t19-,20+,21-,22?,26+,27?/m1/s1. The minimum atomic E-state index is -1.17. The third-order valence-corrected chi connectivity index (χ3v) is 9.09. The molecule has 4 fully saturated rings. The summed E-state index contributed by atoms with van der Waals surface area (Å²) in [5.41, 5.74) is -2.11. The van der Waals surface area contributed by atoms with Crippen LogP contribution in [-0.4, -0.2) is 80.3 Å². The molecule has 1 saturated carbocycles. The van der Waals surface area contributed by atoms with Gasteiger partial charge >= 0.3 is 5.97 Å². The van der Waals surface area contributed by atoms with Crippen molar-refractivity contribution in [1.82, 2.24) is 9.80 Å². The van der Waals surface area contributed by atoms with E-state index in [1.54, 1.807) is 6.08 Å². The topological polar surface area (TPSA) is 107 Å². The molecular formula is C27H42N2O6. The summed E-state index contributed by atoms with van der Waals surface area (Å²) in [6.45, 7) is 9.90. The van der Waals surface area contributed by atoms with Crippen LogP contribution in [0.5, 0.6) is 0 Å². The highest BCUT2D eigenvalue weighted by Crippen LogP contribution is 2.64. The van der Waals surface area contributed by atoms with Crippen LogP contribution in [0.4, 0.5) is 0 Å². The molecule has 3 aliphatic heterocycles. The number of carbonyl (C=O) groups is 3. The van der Waals surface area contributed by atoms with E-state index >= 15 is 0 Å². The van der Waals surface area contributed by atoms with Gasteiger partial charge in [0.15, 0.2) is 0 Å². The van der Waals surface area contributed by atoms with Gasteiger partial charge in [0.25, 0.3) is 0 Å². The zero-order valence-corrected chi connectivity index (χ0v) is 21.4. The number of carbonyl (C=O) groups excluding carboxylic acids is 2. The van der Waals surface area contributed by atoms with Gasteiger partial charge in [0.1, 0.15) is 17.6 Å². The lowest BCUT2D eigenvalue weighted by Gasteiger charge is -2.42. The van der Waals surface area contributed by atoms with E-state index in [2.05, 4.69) is 6.58 Å². The molecule has 2 unspecified atom stereocenters. The fourth-order valence-electron chi connectivity index (χ4n) is 7.63. The van der Waals surface area contributed by atoms with Gasteiger partial charge in [-0.1, -0.05) is 46.1 Å². The van der Waals surface area contributed by atoms with Crippen molar-refractivity contribution in [3.05, 3.63) is 12.7 Å². The number of rotatable bonds is 10. The molecule has 1 aliphatic carbocycles. The Balaban J connectivity index is 1.82. The molecule has 6 atom stereocenters. The van der Waals surface area contributed by atoms with E-state index in [9.17, 15) is 24.6 Å². The Morgan fingerprint density at radius 3 is 2.49 bits per heavy atom. The van der Waals surface area contributed by atoms with Crippen LogP contribution in [0.3, 0.4) is 0 Å². The van der Waals surface area contributed by atoms with Crippen LogP contribution in [0, 0.1) is 17.8 Å². The first-order chi connectivity index (χ1) is 16.7. The molecule has 1 spiro atoms. The van der Waals surface area contributed by atoms with Crippen LogP contribution < -0.4 is 0 Å². The van der Waals surface area contributed by atoms with Crippen molar-refractivity contribution in [3.63, 3.8) is 0 Å². The number of hydrogen-bond donors (Lipinski definition) is 2. The summed E-state index contributed by atoms with van der Waals surface area (Å²) in [5, 5.41) is 20.6. The van der Waals surface area contributed by atoms with Crippen molar-refractivity contribution >= 4 is 17.8 Å². The number of aliphatic carboxylic acids is 1. The number of likely N-dealkylation sites (tertiary alicyclic amines) is 1. The molecule has 0 radical (unpaired) electrons. The normalized spacial score (nSPS) is 35.4. The predicted molar refractivity (Wildman–Crippen MR) is 130 cm³/mol. The molecule has 2 bridgehead atoms. The Bertz CT molecular complexity index is 855. The molecule has 3 heterocycles. The second kappa shape index (κ2) is 9.85. The fraction of sp³-hybridized carbons (Fsp3) is 0.815. The maximum atomic E-state index is 14.5. The third kappa shape index (κ3) is 4.01. The Hall–Kier alpha value is -1.93. The molecule has 8 heteroatoms. The number of carboxylic acids is 1. The molecule has 0 aromatic carbocycles. The van der Waals surface area contributed by atoms with Gasteiger partial charge in [-0.3, -0.25) is 14.4 Å².